The molecule has 3 nitrogen and oxygen atoms in total. The van der Waals surface area contributed by atoms with E-state index in [9.17, 15) is 0 Å². The summed E-state index contributed by atoms with van der Waals surface area (Å²) in [6.45, 7) is 13.3. The second kappa shape index (κ2) is 5.17. The molecular formula is C9H17O3. The van der Waals surface area contributed by atoms with Crippen molar-refractivity contribution in [3.63, 3.8) is 0 Å². The van der Waals surface area contributed by atoms with Gasteiger partial charge in [-0.05, 0) is 20.8 Å². The number of allylic oxidation sites excluding steroid dienone is 1. The fourth-order valence-corrected chi connectivity index (χ4v) is 0.865. The molecule has 0 saturated carbocycles. The van der Waals surface area contributed by atoms with E-state index >= 15 is 0 Å². The monoisotopic (exact) mass is 173 g/mol. The van der Waals surface area contributed by atoms with E-state index in [-0.39, 0.29) is 0 Å². The van der Waals surface area contributed by atoms with Crippen LogP contribution in [0.15, 0.2) is 12.3 Å². The SMILES string of the molecule is [CH2]COC(C)(OCC)OC(=C)C. The molecule has 0 amide bonds. The first-order valence-electron chi connectivity index (χ1n) is 3.95. The lowest BCUT2D eigenvalue weighted by Gasteiger charge is -2.29. The molecule has 0 heterocycles. The van der Waals surface area contributed by atoms with Crippen molar-refractivity contribution in [1.82, 2.24) is 0 Å². The zero-order valence-corrected chi connectivity index (χ0v) is 8.05. The van der Waals surface area contributed by atoms with Crippen LogP contribution < -0.4 is 0 Å². The van der Waals surface area contributed by atoms with E-state index in [2.05, 4.69) is 13.5 Å². The van der Waals surface area contributed by atoms with Gasteiger partial charge in [0.2, 0.25) is 0 Å². The molecule has 1 atom stereocenters. The Bertz CT molecular complexity index is 137. The molecule has 0 aromatic heterocycles. The van der Waals surface area contributed by atoms with Crippen molar-refractivity contribution in [2.75, 3.05) is 13.2 Å². The highest BCUT2D eigenvalue weighted by atomic mass is 16.9. The Morgan fingerprint density at radius 2 is 2.00 bits per heavy atom. The minimum atomic E-state index is -1.04. The minimum Gasteiger partial charge on any atom is -0.445 e. The van der Waals surface area contributed by atoms with E-state index in [1.54, 1.807) is 13.8 Å². The molecule has 3 heteroatoms. The molecule has 0 spiro atoms. The summed E-state index contributed by atoms with van der Waals surface area (Å²) >= 11 is 0. The zero-order chi connectivity index (χ0) is 9.61. The molecule has 0 aliphatic heterocycles. The first kappa shape index (κ1) is 11.5. The molecule has 1 radical (unpaired) electrons. The average molecular weight is 173 g/mol. The molecule has 0 bridgehead atoms. The van der Waals surface area contributed by atoms with Crippen molar-refractivity contribution in [3.8, 4) is 0 Å². The summed E-state index contributed by atoms with van der Waals surface area (Å²) < 4.78 is 15.6. The van der Waals surface area contributed by atoms with Crippen LogP contribution in [0.1, 0.15) is 20.8 Å². The van der Waals surface area contributed by atoms with Gasteiger partial charge in [-0.1, -0.05) is 6.58 Å². The Kier molecular flexibility index (Phi) is 4.93. The summed E-state index contributed by atoms with van der Waals surface area (Å²) in [5.74, 6) is -0.484. The average Bonchev–Trinajstić information content (AvgIpc) is 1.85. The first-order chi connectivity index (χ1) is 5.54. The second-order valence-corrected chi connectivity index (χ2v) is 2.45. The molecule has 1 unspecified atom stereocenters. The maximum absolute atomic E-state index is 5.24. The third-order valence-electron chi connectivity index (χ3n) is 1.13. The number of ether oxygens (including phenoxy) is 3. The Hall–Kier alpha value is -0.540. The summed E-state index contributed by atoms with van der Waals surface area (Å²) in [6, 6.07) is 0. The van der Waals surface area contributed by atoms with Crippen LogP contribution in [0.25, 0.3) is 0 Å². The Morgan fingerprint density at radius 1 is 1.42 bits per heavy atom. The van der Waals surface area contributed by atoms with Gasteiger partial charge in [-0.15, -0.1) is 0 Å². The highest BCUT2D eigenvalue weighted by molar-refractivity contribution is 4.76. The normalized spacial score (nSPS) is 11.3. The van der Waals surface area contributed by atoms with E-state index < -0.39 is 5.97 Å². The molecule has 0 aliphatic carbocycles. The van der Waals surface area contributed by atoms with Gasteiger partial charge in [-0.25, -0.2) is 0 Å². The van der Waals surface area contributed by atoms with Crippen LogP contribution in [0.3, 0.4) is 0 Å². The highest BCUT2D eigenvalue weighted by Crippen LogP contribution is 2.17. The second-order valence-electron chi connectivity index (χ2n) is 2.45. The van der Waals surface area contributed by atoms with Gasteiger partial charge in [-0.2, -0.15) is 0 Å². The summed E-state index contributed by atoms with van der Waals surface area (Å²) in [5, 5.41) is 0. The van der Waals surface area contributed by atoms with Crippen LogP contribution in [0.2, 0.25) is 0 Å². The summed E-state index contributed by atoms with van der Waals surface area (Å²) in [4.78, 5) is 0. The lowest BCUT2D eigenvalue weighted by molar-refractivity contribution is -0.350. The van der Waals surface area contributed by atoms with Gasteiger partial charge in [0.05, 0.1) is 19.0 Å². The van der Waals surface area contributed by atoms with E-state index in [0.29, 0.717) is 19.0 Å². The molecule has 0 saturated heterocycles. The molecular weight excluding hydrogens is 156 g/mol. The van der Waals surface area contributed by atoms with E-state index in [1.165, 1.54) is 0 Å². The van der Waals surface area contributed by atoms with Crippen LogP contribution in [0.5, 0.6) is 0 Å². The molecule has 0 rings (SSSR count). The van der Waals surface area contributed by atoms with Crippen LogP contribution in [0.4, 0.5) is 0 Å². The maximum Gasteiger partial charge on any atom is 0.323 e. The predicted molar refractivity (Wildman–Crippen MR) is 47.2 cm³/mol. The van der Waals surface area contributed by atoms with Gasteiger partial charge in [0.1, 0.15) is 0 Å². The predicted octanol–water partition coefficient (Wildman–Crippen LogP) is 2.10. The van der Waals surface area contributed by atoms with Crippen LogP contribution in [-0.2, 0) is 14.2 Å². The zero-order valence-electron chi connectivity index (χ0n) is 8.05. The fourth-order valence-electron chi connectivity index (χ4n) is 0.865. The lowest BCUT2D eigenvalue weighted by atomic mass is 10.5. The number of hydrogen-bond donors (Lipinski definition) is 0. The Labute approximate surface area is 74.3 Å². The van der Waals surface area contributed by atoms with Crippen molar-refractivity contribution in [2.24, 2.45) is 0 Å². The Morgan fingerprint density at radius 3 is 2.33 bits per heavy atom. The van der Waals surface area contributed by atoms with Crippen molar-refractivity contribution in [1.29, 1.82) is 0 Å². The van der Waals surface area contributed by atoms with E-state index in [4.69, 9.17) is 14.2 Å². The molecule has 12 heavy (non-hydrogen) atoms. The molecule has 0 aromatic rings. The van der Waals surface area contributed by atoms with Crippen molar-refractivity contribution in [3.05, 3.63) is 19.3 Å². The molecule has 0 aliphatic rings. The molecule has 71 valence electrons. The molecule has 0 N–H and O–H groups in total. The van der Waals surface area contributed by atoms with E-state index in [0.717, 1.165) is 0 Å². The van der Waals surface area contributed by atoms with Gasteiger partial charge in [0, 0.05) is 6.92 Å². The summed E-state index contributed by atoms with van der Waals surface area (Å²) in [6.07, 6.45) is 0. The highest BCUT2D eigenvalue weighted by Gasteiger charge is 2.26. The third-order valence-corrected chi connectivity index (χ3v) is 1.13. The fraction of sp³-hybridized carbons (Fsp3) is 0.667. The lowest BCUT2D eigenvalue weighted by Crippen LogP contribution is -2.35. The van der Waals surface area contributed by atoms with Crippen molar-refractivity contribution >= 4 is 0 Å². The minimum absolute atomic E-state index is 0.295. The molecule has 0 fully saturated rings. The van der Waals surface area contributed by atoms with Gasteiger partial charge >= 0.3 is 5.97 Å². The largest absolute Gasteiger partial charge is 0.445 e. The summed E-state index contributed by atoms with van der Waals surface area (Å²) in [5.41, 5.74) is 0. The first-order valence-corrected chi connectivity index (χ1v) is 3.95. The van der Waals surface area contributed by atoms with Gasteiger partial charge in [-0.3, -0.25) is 0 Å². The Balaban J connectivity index is 4.07. The summed E-state index contributed by atoms with van der Waals surface area (Å²) in [7, 11) is 0. The van der Waals surface area contributed by atoms with E-state index in [1.807, 2.05) is 6.92 Å². The molecule has 0 aromatic carbocycles. The van der Waals surface area contributed by atoms with Crippen LogP contribution >= 0.6 is 0 Å². The smallest absolute Gasteiger partial charge is 0.323 e. The topological polar surface area (TPSA) is 27.7 Å². The number of hydrogen-bond acceptors (Lipinski definition) is 3. The van der Waals surface area contributed by atoms with Crippen molar-refractivity contribution in [2.45, 2.75) is 26.7 Å². The number of rotatable bonds is 6. The standard InChI is InChI=1S/C9H17O3/c1-6-10-9(5,11-7-2)12-8(3)4/h1,3,6-7H2,2,4-5H3. The van der Waals surface area contributed by atoms with Crippen molar-refractivity contribution < 1.29 is 14.2 Å². The van der Waals surface area contributed by atoms with Gasteiger partial charge in [0.15, 0.2) is 0 Å². The quantitative estimate of drug-likeness (QED) is 0.454. The maximum atomic E-state index is 5.24. The van der Waals surface area contributed by atoms with Gasteiger partial charge in [0.25, 0.3) is 0 Å². The van der Waals surface area contributed by atoms with Crippen LogP contribution in [-0.4, -0.2) is 19.2 Å². The van der Waals surface area contributed by atoms with Crippen LogP contribution in [0, 0.1) is 6.92 Å². The van der Waals surface area contributed by atoms with Gasteiger partial charge < -0.3 is 14.2 Å². The third kappa shape index (κ3) is 4.36.